The average Bonchev–Trinajstić information content (AvgIpc) is 3.03. The summed E-state index contributed by atoms with van der Waals surface area (Å²) in [5, 5.41) is 3.94. The van der Waals surface area contributed by atoms with Crippen LogP contribution in [0, 0.1) is 0 Å². The van der Waals surface area contributed by atoms with E-state index in [-0.39, 0.29) is 5.91 Å². The normalized spacial score (nSPS) is 10.6. The molecule has 0 unspecified atom stereocenters. The van der Waals surface area contributed by atoms with Gasteiger partial charge in [0.1, 0.15) is 28.4 Å². The second-order valence-electron chi connectivity index (χ2n) is 5.29. The summed E-state index contributed by atoms with van der Waals surface area (Å²) in [6.07, 6.45) is 0.609. The highest BCUT2D eigenvalue weighted by Crippen LogP contribution is 2.28. The molecule has 124 valence electrons. The number of furan rings is 1. The fourth-order valence-electron chi connectivity index (χ4n) is 2.62. The van der Waals surface area contributed by atoms with E-state index in [4.69, 9.17) is 13.9 Å². The lowest BCUT2D eigenvalue weighted by Gasteiger charge is -2.12. The van der Waals surface area contributed by atoms with Crippen molar-refractivity contribution >= 4 is 16.9 Å². The third kappa shape index (κ3) is 3.20. The largest absolute Gasteiger partial charge is 0.496 e. The van der Waals surface area contributed by atoms with E-state index in [0.717, 1.165) is 16.7 Å². The fraction of sp³-hybridized carbons (Fsp3) is 0.211. The van der Waals surface area contributed by atoms with E-state index in [1.807, 2.05) is 30.3 Å². The first-order valence-electron chi connectivity index (χ1n) is 7.69. The molecule has 5 heteroatoms. The molecular formula is C19H19NO4. The number of fused-ring (bicyclic) bond motifs is 1. The summed E-state index contributed by atoms with van der Waals surface area (Å²) < 4.78 is 16.3. The van der Waals surface area contributed by atoms with Gasteiger partial charge in [0.05, 0.1) is 14.2 Å². The molecular weight excluding hydrogens is 306 g/mol. The Balaban J connectivity index is 1.67. The summed E-state index contributed by atoms with van der Waals surface area (Å²) in [5.74, 6) is 1.56. The zero-order valence-corrected chi connectivity index (χ0v) is 13.7. The molecule has 0 spiro atoms. The van der Waals surface area contributed by atoms with Gasteiger partial charge >= 0.3 is 0 Å². The van der Waals surface area contributed by atoms with E-state index in [1.54, 1.807) is 18.2 Å². The van der Waals surface area contributed by atoms with Gasteiger partial charge in [-0.3, -0.25) is 4.79 Å². The monoisotopic (exact) mass is 325 g/mol. The van der Waals surface area contributed by atoms with Gasteiger partial charge in [0.25, 0.3) is 5.91 Å². The Morgan fingerprint density at radius 2 is 1.75 bits per heavy atom. The van der Waals surface area contributed by atoms with Crippen LogP contribution in [0.5, 0.6) is 11.5 Å². The maximum atomic E-state index is 12.5. The maximum absolute atomic E-state index is 12.5. The zero-order chi connectivity index (χ0) is 16.9. The Hall–Kier alpha value is -2.95. The molecule has 0 aliphatic rings. The number of benzene rings is 2. The van der Waals surface area contributed by atoms with Crippen LogP contribution >= 0.6 is 0 Å². The van der Waals surface area contributed by atoms with E-state index in [2.05, 4.69) is 5.32 Å². The highest BCUT2D eigenvalue weighted by atomic mass is 16.5. The van der Waals surface area contributed by atoms with E-state index >= 15 is 0 Å². The van der Waals surface area contributed by atoms with E-state index < -0.39 is 0 Å². The van der Waals surface area contributed by atoms with Crippen LogP contribution < -0.4 is 14.8 Å². The number of carbonyl (C=O) groups is 1. The summed E-state index contributed by atoms with van der Waals surface area (Å²) >= 11 is 0. The van der Waals surface area contributed by atoms with Crippen molar-refractivity contribution in [1.29, 1.82) is 0 Å². The molecule has 0 saturated heterocycles. The van der Waals surface area contributed by atoms with E-state index in [9.17, 15) is 4.79 Å². The summed E-state index contributed by atoms with van der Waals surface area (Å²) in [6.45, 7) is 0.458. The van der Waals surface area contributed by atoms with Crippen LogP contribution in [0.4, 0.5) is 0 Å². The molecule has 1 aromatic heterocycles. The Morgan fingerprint density at radius 1 is 1.04 bits per heavy atom. The molecule has 3 rings (SSSR count). The van der Waals surface area contributed by atoms with Crippen molar-refractivity contribution in [2.75, 3.05) is 20.8 Å². The Morgan fingerprint density at radius 3 is 2.42 bits per heavy atom. The lowest BCUT2D eigenvalue weighted by Crippen LogP contribution is -2.26. The zero-order valence-electron chi connectivity index (χ0n) is 13.7. The number of para-hydroxylation sites is 1. The lowest BCUT2D eigenvalue weighted by molar-refractivity contribution is 0.0947. The molecule has 0 saturated carbocycles. The lowest BCUT2D eigenvalue weighted by atomic mass is 10.1. The minimum absolute atomic E-state index is 0.236. The number of hydrogen-bond acceptors (Lipinski definition) is 4. The Bertz CT molecular complexity index is 798. The SMILES string of the molecule is COc1cccc(OC)c1C(=O)NCCc1cc2ccccc2o1. The number of nitrogens with one attached hydrogen (secondary N) is 1. The number of carbonyl (C=O) groups excluding carboxylic acids is 1. The van der Waals surface area contributed by atoms with E-state index in [1.165, 1.54) is 14.2 Å². The highest BCUT2D eigenvalue weighted by molar-refractivity contribution is 5.99. The second-order valence-corrected chi connectivity index (χ2v) is 5.29. The van der Waals surface area contributed by atoms with Gasteiger partial charge < -0.3 is 19.2 Å². The predicted octanol–water partition coefficient (Wildman–Crippen LogP) is 3.42. The molecule has 5 nitrogen and oxygen atoms in total. The number of hydrogen-bond donors (Lipinski definition) is 1. The van der Waals surface area contributed by atoms with Crippen molar-refractivity contribution in [2.45, 2.75) is 6.42 Å². The van der Waals surface area contributed by atoms with Crippen molar-refractivity contribution in [3.8, 4) is 11.5 Å². The van der Waals surface area contributed by atoms with Crippen LogP contribution in [0.2, 0.25) is 0 Å². The van der Waals surface area contributed by atoms with Crippen molar-refractivity contribution in [2.24, 2.45) is 0 Å². The summed E-state index contributed by atoms with van der Waals surface area (Å²) in [6, 6.07) is 15.1. The van der Waals surface area contributed by atoms with Crippen LogP contribution in [-0.2, 0) is 6.42 Å². The molecule has 0 bridgehead atoms. The standard InChI is InChI=1S/C19H19NO4/c1-22-16-8-5-9-17(23-2)18(16)19(21)20-11-10-14-12-13-6-3-4-7-15(13)24-14/h3-9,12H,10-11H2,1-2H3,(H,20,21). The third-order valence-electron chi connectivity index (χ3n) is 3.79. The first-order chi connectivity index (χ1) is 11.7. The van der Waals surface area contributed by atoms with Gasteiger partial charge in [-0.1, -0.05) is 24.3 Å². The predicted molar refractivity (Wildman–Crippen MR) is 91.8 cm³/mol. The summed E-state index contributed by atoms with van der Waals surface area (Å²) in [4.78, 5) is 12.5. The molecule has 0 aliphatic carbocycles. The maximum Gasteiger partial charge on any atom is 0.258 e. The third-order valence-corrected chi connectivity index (χ3v) is 3.79. The van der Waals surface area contributed by atoms with Crippen LogP contribution in [0.1, 0.15) is 16.1 Å². The van der Waals surface area contributed by atoms with E-state index in [0.29, 0.717) is 30.0 Å². The Kier molecular flexibility index (Phi) is 4.70. The minimum atomic E-state index is -0.236. The molecule has 0 atom stereocenters. The van der Waals surface area contributed by atoms with Gasteiger partial charge in [-0.25, -0.2) is 0 Å². The molecule has 1 N–H and O–H groups in total. The first kappa shape index (κ1) is 15.9. The molecule has 2 aromatic carbocycles. The molecule has 0 radical (unpaired) electrons. The van der Waals surface area contributed by atoms with Gasteiger partial charge in [-0.05, 0) is 24.3 Å². The summed E-state index contributed by atoms with van der Waals surface area (Å²) in [5.41, 5.74) is 1.25. The average molecular weight is 325 g/mol. The highest BCUT2D eigenvalue weighted by Gasteiger charge is 2.17. The number of amides is 1. The van der Waals surface area contributed by atoms with Crippen LogP contribution in [0.3, 0.4) is 0 Å². The second kappa shape index (κ2) is 7.08. The molecule has 1 amide bonds. The minimum Gasteiger partial charge on any atom is -0.496 e. The van der Waals surface area contributed by atoms with Gasteiger partial charge in [0.2, 0.25) is 0 Å². The van der Waals surface area contributed by atoms with Crippen molar-refractivity contribution in [3.05, 3.63) is 59.9 Å². The smallest absolute Gasteiger partial charge is 0.258 e. The quantitative estimate of drug-likeness (QED) is 0.754. The Labute approximate surface area is 140 Å². The van der Waals surface area contributed by atoms with Gasteiger partial charge in [0, 0.05) is 18.4 Å². The number of ether oxygens (including phenoxy) is 2. The molecule has 24 heavy (non-hydrogen) atoms. The van der Waals surface area contributed by atoms with Crippen LogP contribution in [-0.4, -0.2) is 26.7 Å². The number of methoxy groups -OCH3 is 2. The van der Waals surface area contributed by atoms with Gasteiger partial charge in [0.15, 0.2) is 0 Å². The molecule has 3 aromatic rings. The van der Waals surface area contributed by atoms with Crippen molar-refractivity contribution in [1.82, 2.24) is 5.32 Å². The van der Waals surface area contributed by atoms with Gasteiger partial charge in [-0.2, -0.15) is 0 Å². The molecule has 1 heterocycles. The fourth-order valence-corrected chi connectivity index (χ4v) is 2.62. The molecule has 0 fully saturated rings. The van der Waals surface area contributed by atoms with Crippen LogP contribution in [0.25, 0.3) is 11.0 Å². The summed E-state index contributed by atoms with van der Waals surface area (Å²) in [7, 11) is 3.06. The first-order valence-corrected chi connectivity index (χ1v) is 7.69. The number of rotatable bonds is 6. The molecule has 0 aliphatic heterocycles. The van der Waals surface area contributed by atoms with Crippen molar-refractivity contribution in [3.63, 3.8) is 0 Å². The van der Waals surface area contributed by atoms with Crippen LogP contribution in [0.15, 0.2) is 52.9 Å². The van der Waals surface area contributed by atoms with Gasteiger partial charge in [-0.15, -0.1) is 0 Å². The topological polar surface area (TPSA) is 60.7 Å². The van der Waals surface area contributed by atoms with Crippen molar-refractivity contribution < 1.29 is 18.7 Å².